The van der Waals surface area contributed by atoms with Gasteiger partial charge in [0.25, 0.3) is 0 Å². The molecular formula is C16H22FNO. The van der Waals surface area contributed by atoms with Gasteiger partial charge < -0.3 is 0 Å². The van der Waals surface area contributed by atoms with Crippen molar-refractivity contribution in [2.75, 3.05) is 20.1 Å². The maximum atomic E-state index is 13.4. The monoisotopic (exact) mass is 263 g/mol. The quantitative estimate of drug-likeness (QED) is 0.786. The summed E-state index contributed by atoms with van der Waals surface area (Å²) in [6.07, 6.45) is 5.41. The lowest BCUT2D eigenvalue weighted by atomic mass is 10.1. The first-order valence-corrected chi connectivity index (χ1v) is 7.09. The van der Waals surface area contributed by atoms with Gasteiger partial charge in [0.15, 0.2) is 5.78 Å². The van der Waals surface area contributed by atoms with E-state index >= 15 is 0 Å². The van der Waals surface area contributed by atoms with E-state index < -0.39 is 0 Å². The maximum absolute atomic E-state index is 13.4. The number of hydrogen-bond donors (Lipinski definition) is 0. The zero-order chi connectivity index (χ0) is 13.7. The number of benzene rings is 1. The van der Waals surface area contributed by atoms with Crippen molar-refractivity contribution in [3.05, 3.63) is 35.6 Å². The van der Waals surface area contributed by atoms with Crippen LogP contribution in [0.2, 0.25) is 0 Å². The number of nitrogens with zero attached hydrogens (tertiary/aromatic N) is 1. The fourth-order valence-electron chi connectivity index (χ4n) is 2.91. The van der Waals surface area contributed by atoms with E-state index in [9.17, 15) is 9.18 Å². The van der Waals surface area contributed by atoms with Crippen molar-refractivity contribution < 1.29 is 9.18 Å². The summed E-state index contributed by atoms with van der Waals surface area (Å²) in [7, 11) is 1.98. The molecule has 0 atom stereocenters. The van der Waals surface area contributed by atoms with Crippen molar-refractivity contribution in [1.82, 2.24) is 4.90 Å². The number of Topliss-reactive ketones (excluding diaryl/α,β-unsaturated/α-hetero) is 1. The molecule has 0 unspecified atom stereocenters. The van der Waals surface area contributed by atoms with Gasteiger partial charge in [0, 0.05) is 13.0 Å². The lowest BCUT2D eigenvalue weighted by Crippen LogP contribution is -2.31. The molecule has 2 nitrogen and oxygen atoms in total. The fourth-order valence-corrected chi connectivity index (χ4v) is 2.91. The van der Waals surface area contributed by atoms with Crippen LogP contribution in [-0.2, 0) is 11.2 Å². The molecule has 3 heteroatoms. The van der Waals surface area contributed by atoms with Crippen molar-refractivity contribution in [3.63, 3.8) is 0 Å². The second-order valence-electron chi connectivity index (χ2n) is 5.65. The normalized spacial score (nSPS) is 16.2. The zero-order valence-corrected chi connectivity index (χ0v) is 11.6. The lowest BCUT2D eigenvalue weighted by molar-refractivity contribution is -0.119. The molecule has 104 valence electrons. The molecule has 0 aliphatic heterocycles. The minimum Gasteiger partial charge on any atom is -0.299 e. The van der Waals surface area contributed by atoms with Crippen molar-refractivity contribution in [3.8, 4) is 0 Å². The summed E-state index contributed by atoms with van der Waals surface area (Å²) in [6.45, 7) is 1.41. The second kappa shape index (κ2) is 6.80. The van der Waals surface area contributed by atoms with E-state index in [0.29, 0.717) is 12.1 Å². The van der Waals surface area contributed by atoms with E-state index in [-0.39, 0.29) is 18.0 Å². The molecule has 0 saturated heterocycles. The van der Waals surface area contributed by atoms with E-state index in [1.54, 1.807) is 18.2 Å². The lowest BCUT2D eigenvalue weighted by Gasteiger charge is -2.19. The molecule has 0 radical (unpaired) electrons. The van der Waals surface area contributed by atoms with Crippen molar-refractivity contribution >= 4 is 5.78 Å². The number of likely N-dealkylation sites (N-methyl/N-ethyl adjacent to an activating group) is 1. The molecule has 1 aliphatic carbocycles. The molecule has 1 aliphatic rings. The third-order valence-electron chi connectivity index (χ3n) is 3.84. The smallest absolute Gasteiger partial charge is 0.151 e. The van der Waals surface area contributed by atoms with Crippen LogP contribution in [0, 0.1) is 11.7 Å². The summed E-state index contributed by atoms with van der Waals surface area (Å²) < 4.78 is 13.4. The SMILES string of the molecule is CN(CC(=O)Cc1ccccc1F)CC1CCCC1. The molecule has 19 heavy (non-hydrogen) atoms. The average Bonchev–Trinajstić information content (AvgIpc) is 2.84. The Morgan fingerprint density at radius 2 is 2.00 bits per heavy atom. The average molecular weight is 263 g/mol. The van der Waals surface area contributed by atoms with E-state index in [2.05, 4.69) is 4.90 Å². The Balaban J connectivity index is 1.79. The van der Waals surface area contributed by atoms with Gasteiger partial charge in [0.05, 0.1) is 6.54 Å². The van der Waals surface area contributed by atoms with Gasteiger partial charge in [-0.25, -0.2) is 4.39 Å². The summed E-state index contributed by atoms with van der Waals surface area (Å²) >= 11 is 0. The Morgan fingerprint density at radius 3 is 2.68 bits per heavy atom. The molecule has 0 amide bonds. The molecule has 0 spiro atoms. The van der Waals surface area contributed by atoms with Crippen molar-refractivity contribution in [1.29, 1.82) is 0 Å². The third kappa shape index (κ3) is 4.43. The molecule has 0 bridgehead atoms. The van der Waals surface area contributed by atoms with Crippen LogP contribution >= 0.6 is 0 Å². The number of rotatable bonds is 6. The molecule has 2 rings (SSSR count). The Bertz CT molecular complexity index is 427. The fraction of sp³-hybridized carbons (Fsp3) is 0.562. The molecule has 0 heterocycles. The summed E-state index contributed by atoms with van der Waals surface area (Å²) in [5.41, 5.74) is 0.502. The van der Waals surface area contributed by atoms with Crippen LogP contribution in [0.25, 0.3) is 0 Å². The minimum atomic E-state index is -0.283. The standard InChI is InChI=1S/C16H22FNO/c1-18(11-13-6-2-3-7-13)12-15(19)10-14-8-4-5-9-16(14)17/h4-5,8-9,13H,2-3,6-7,10-12H2,1H3. The number of carbonyl (C=O) groups is 1. The number of carbonyl (C=O) groups excluding carboxylic acids is 1. The first kappa shape index (κ1) is 14.2. The number of hydrogen-bond acceptors (Lipinski definition) is 2. The van der Waals surface area contributed by atoms with Crippen LogP contribution in [0.3, 0.4) is 0 Å². The number of halogens is 1. The highest BCUT2D eigenvalue weighted by Crippen LogP contribution is 2.25. The van der Waals surface area contributed by atoms with Crippen LogP contribution in [0.4, 0.5) is 4.39 Å². The molecular weight excluding hydrogens is 241 g/mol. The summed E-state index contributed by atoms with van der Waals surface area (Å²) in [5, 5.41) is 0. The predicted octanol–water partition coefficient (Wildman–Crippen LogP) is 3.06. The van der Waals surface area contributed by atoms with E-state index in [1.807, 2.05) is 7.05 Å². The van der Waals surface area contributed by atoms with E-state index in [1.165, 1.54) is 31.7 Å². The van der Waals surface area contributed by atoms with Crippen molar-refractivity contribution in [2.45, 2.75) is 32.1 Å². The van der Waals surface area contributed by atoms with Gasteiger partial charge in [-0.2, -0.15) is 0 Å². The first-order valence-electron chi connectivity index (χ1n) is 7.09. The van der Waals surface area contributed by atoms with E-state index in [0.717, 1.165) is 12.5 Å². The maximum Gasteiger partial charge on any atom is 0.151 e. The largest absolute Gasteiger partial charge is 0.299 e. The summed E-state index contributed by atoms with van der Waals surface area (Å²) in [6, 6.07) is 6.51. The Morgan fingerprint density at radius 1 is 1.32 bits per heavy atom. The molecule has 0 N–H and O–H groups in total. The van der Waals surface area contributed by atoms with Gasteiger partial charge in [0.2, 0.25) is 0 Å². The summed E-state index contributed by atoms with van der Waals surface area (Å²) in [5.74, 6) is 0.547. The Hall–Kier alpha value is -1.22. The second-order valence-corrected chi connectivity index (χ2v) is 5.65. The topological polar surface area (TPSA) is 20.3 Å². The van der Waals surface area contributed by atoms with Crippen LogP contribution in [-0.4, -0.2) is 30.8 Å². The molecule has 1 aromatic carbocycles. The predicted molar refractivity (Wildman–Crippen MR) is 74.6 cm³/mol. The Labute approximate surface area is 114 Å². The van der Waals surface area contributed by atoms with Crippen LogP contribution in [0.5, 0.6) is 0 Å². The Kier molecular flexibility index (Phi) is 5.08. The minimum absolute atomic E-state index is 0.0885. The molecule has 0 aromatic heterocycles. The zero-order valence-electron chi connectivity index (χ0n) is 11.6. The summed E-state index contributed by atoms with van der Waals surface area (Å²) in [4.78, 5) is 14.0. The van der Waals surface area contributed by atoms with Gasteiger partial charge in [-0.05, 0) is 37.4 Å². The van der Waals surface area contributed by atoms with Gasteiger partial charge >= 0.3 is 0 Å². The van der Waals surface area contributed by atoms with Crippen LogP contribution in [0.1, 0.15) is 31.2 Å². The highest BCUT2D eigenvalue weighted by atomic mass is 19.1. The van der Waals surface area contributed by atoms with Crippen molar-refractivity contribution in [2.24, 2.45) is 5.92 Å². The van der Waals surface area contributed by atoms with Gasteiger partial charge in [0.1, 0.15) is 5.82 Å². The molecule has 1 saturated carbocycles. The highest BCUT2D eigenvalue weighted by molar-refractivity contribution is 5.82. The number of ketones is 1. The van der Waals surface area contributed by atoms with E-state index in [4.69, 9.17) is 0 Å². The molecule has 1 fully saturated rings. The van der Waals surface area contributed by atoms with Crippen LogP contribution < -0.4 is 0 Å². The highest BCUT2D eigenvalue weighted by Gasteiger charge is 2.18. The van der Waals surface area contributed by atoms with Gasteiger partial charge in [-0.1, -0.05) is 31.0 Å². The van der Waals surface area contributed by atoms with Gasteiger partial charge in [-0.15, -0.1) is 0 Å². The van der Waals surface area contributed by atoms with Gasteiger partial charge in [-0.3, -0.25) is 9.69 Å². The molecule has 1 aromatic rings. The third-order valence-corrected chi connectivity index (χ3v) is 3.84. The van der Waals surface area contributed by atoms with Crippen LogP contribution in [0.15, 0.2) is 24.3 Å². The first-order chi connectivity index (χ1) is 9.15.